The van der Waals surface area contributed by atoms with Crippen molar-refractivity contribution in [1.29, 1.82) is 5.26 Å². The van der Waals surface area contributed by atoms with Gasteiger partial charge in [0.25, 0.3) is 0 Å². The zero-order valence-corrected chi connectivity index (χ0v) is 18.1. The number of hydrogen-bond acceptors (Lipinski definition) is 4. The highest BCUT2D eigenvalue weighted by atomic mass is 16.2. The van der Waals surface area contributed by atoms with Crippen molar-refractivity contribution < 1.29 is 9.59 Å². The van der Waals surface area contributed by atoms with E-state index in [2.05, 4.69) is 15.9 Å². The van der Waals surface area contributed by atoms with E-state index >= 15 is 0 Å². The number of rotatable bonds is 6. The molecule has 0 N–H and O–H groups in total. The van der Waals surface area contributed by atoms with Gasteiger partial charge < -0.3 is 9.80 Å². The maximum atomic E-state index is 13.2. The lowest BCUT2D eigenvalue weighted by Crippen LogP contribution is -2.51. The van der Waals surface area contributed by atoms with E-state index in [-0.39, 0.29) is 17.9 Å². The molecule has 30 heavy (non-hydrogen) atoms. The number of benzene rings is 1. The average molecular weight is 411 g/mol. The summed E-state index contributed by atoms with van der Waals surface area (Å²) in [5.41, 5.74) is 0.829. The second-order valence-electron chi connectivity index (χ2n) is 8.46. The molecule has 2 amide bonds. The summed E-state index contributed by atoms with van der Waals surface area (Å²) in [5.74, 6) is 0.426. The molecule has 0 bridgehead atoms. The number of carbonyl (C=O) groups is 2. The molecule has 1 aromatic rings. The maximum absolute atomic E-state index is 13.2. The van der Waals surface area contributed by atoms with Crippen LogP contribution < -0.4 is 4.90 Å². The van der Waals surface area contributed by atoms with Crippen LogP contribution in [0.1, 0.15) is 51.9 Å². The Kier molecular flexibility index (Phi) is 8.27. The van der Waals surface area contributed by atoms with Crippen LogP contribution in [0.3, 0.4) is 0 Å². The third-order valence-corrected chi connectivity index (χ3v) is 6.48. The van der Waals surface area contributed by atoms with Gasteiger partial charge in [0.2, 0.25) is 11.8 Å². The summed E-state index contributed by atoms with van der Waals surface area (Å²) in [7, 11) is 0. The SMILES string of the molecule is CC(C(=O)N(CCC#N)c1ccccc1)N1CCC(C(=O)N2CCCCCC2)CC1. The monoisotopic (exact) mass is 410 g/mol. The van der Waals surface area contributed by atoms with E-state index in [0.29, 0.717) is 18.9 Å². The molecule has 3 rings (SSSR count). The normalized spacial score (nSPS) is 19.5. The van der Waals surface area contributed by atoms with Crippen LogP contribution in [0.5, 0.6) is 0 Å². The minimum atomic E-state index is -0.266. The van der Waals surface area contributed by atoms with Crippen LogP contribution in [-0.2, 0) is 9.59 Å². The van der Waals surface area contributed by atoms with E-state index in [1.807, 2.05) is 37.3 Å². The van der Waals surface area contributed by atoms with Gasteiger partial charge in [-0.3, -0.25) is 14.5 Å². The van der Waals surface area contributed by atoms with Crippen LogP contribution in [0.15, 0.2) is 30.3 Å². The van der Waals surface area contributed by atoms with Crippen molar-refractivity contribution in [3.05, 3.63) is 30.3 Å². The molecule has 2 aliphatic heterocycles. The molecule has 2 heterocycles. The van der Waals surface area contributed by atoms with E-state index in [4.69, 9.17) is 5.26 Å². The fourth-order valence-electron chi connectivity index (χ4n) is 4.60. The Morgan fingerprint density at radius 2 is 1.70 bits per heavy atom. The van der Waals surface area contributed by atoms with Crippen molar-refractivity contribution >= 4 is 17.5 Å². The smallest absolute Gasteiger partial charge is 0.244 e. The van der Waals surface area contributed by atoms with Gasteiger partial charge >= 0.3 is 0 Å². The second kappa shape index (κ2) is 11.1. The highest BCUT2D eigenvalue weighted by molar-refractivity contribution is 5.97. The molecule has 2 saturated heterocycles. The van der Waals surface area contributed by atoms with Crippen LogP contribution in [0, 0.1) is 17.2 Å². The zero-order chi connectivity index (χ0) is 21.3. The molecule has 2 aliphatic rings. The van der Waals surface area contributed by atoms with Crippen LogP contribution in [-0.4, -0.2) is 60.4 Å². The summed E-state index contributed by atoms with van der Waals surface area (Å²) < 4.78 is 0. The number of carbonyl (C=O) groups excluding carboxylic acids is 2. The number of nitrogens with zero attached hydrogens (tertiary/aromatic N) is 4. The van der Waals surface area contributed by atoms with Crippen molar-refractivity contribution in [2.45, 2.75) is 57.9 Å². The predicted octanol–water partition coefficient (Wildman–Crippen LogP) is 3.44. The van der Waals surface area contributed by atoms with Crippen molar-refractivity contribution in [2.75, 3.05) is 37.6 Å². The summed E-state index contributed by atoms with van der Waals surface area (Å²) in [5, 5.41) is 9.00. The van der Waals surface area contributed by atoms with Gasteiger partial charge in [0, 0.05) is 31.2 Å². The Balaban J connectivity index is 1.58. The third-order valence-electron chi connectivity index (χ3n) is 6.48. The molecule has 6 heteroatoms. The standard InChI is InChI=1S/C24H34N4O2/c1-20(23(29)28(17-9-14-25)22-10-5-4-6-11-22)26-18-12-21(13-19-26)24(30)27-15-7-2-3-8-16-27/h4-6,10-11,20-21H,2-3,7-9,12-13,15-19H2,1H3. The third kappa shape index (κ3) is 5.60. The van der Waals surface area contributed by atoms with E-state index in [9.17, 15) is 9.59 Å². The van der Waals surface area contributed by atoms with Crippen LogP contribution >= 0.6 is 0 Å². The molecular weight excluding hydrogens is 376 g/mol. The van der Waals surface area contributed by atoms with Gasteiger partial charge in [-0.25, -0.2) is 0 Å². The molecule has 1 aromatic carbocycles. The Hall–Kier alpha value is -2.39. The minimum absolute atomic E-state index is 0.0220. The van der Waals surface area contributed by atoms with E-state index < -0.39 is 0 Å². The number of para-hydroxylation sites is 1. The maximum Gasteiger partial charge on any atom is 0.244 e. The fourth-order valence-corrected chi connectivity index (χ4v) is 4.60. The summed E-state index contributed by atoms with van der Waals surface area (Å²) in [6.45, 7) is 5.67. The lowest BCUT2D eigenvalue weighted by Gasteiger charge is -2.38. The number of amides is 2. The lowest BCUT2D eigenvalue weighted by molar-refractivity contribution is -0.137. The van der Waals surface area contributed by atoms with Crippen molar-refractivity contribution in [3.8, 4) is 6.07 Å². The Morgan fingerprint density at radius 3 is 2.30 bits per heavy atom. The number of likely N-dealkylation sites (tertiary alicyclic amines) is 2. The van der Waals surface area contributed by atoms with Gasteiger partial charge in [0.1, 0.15) is 0 Å². The molecule has 0 spiro atoms. The largest absolute Gasteiger partial charge is 0.342 e. The van der Waals surface area contributed by atoms with E-state index in [0.717, 1.165) is 57.5 Å². The molecule has 162 valence electrons. The van der Waals surface area contributed by atoms with Gasteiger partial charge in [-0.05, 0) is 57.8 Å². The first-order valence-electron chi connectivity index (χ1n) is 11.4. The molecule has 0 aliphatic carbocycles. The molecule has 0 aromatic heterocycles. The topological polar surface area (TPSA) is 67.6 Å². The molecule has 2 fully saturated rings. The van der Waals surface area contributed by atoms with Crippen molar-refractivity contribution in [3.63, 3.8) is 0 Å². The summed E-state index contributed by atoms with van der Waals surface area (Å²) in [6.07, 6.45) is 6.63. The molecule has 1 atom stereocenters. The van der Waals surface area contributed by atoms with Gasteiger partial charge in [-0.1, -0.05) is 31.0 Å². The van der Waals surface area contributed by atoms with Crippen LogP contribution in [0.4, 0.5) is 5.69 Å². The van der Waals surface area contributed by atoms with Crippen LogP contribution in [0.2, 0.25) is 0 Å². The Bertz CT molecular complexity index is 729. The van der Waals surface area contributed by atoms with Gasteiger partial charge in [0.05, 0.1) is 18.5 Å². The number of anilines is 1. The van der Waals surface area contributed by atoms with E-state index in [1.165, 1.54) is 12.8 Å². The minimum Gasteiger partial charge on any atom is -0.342 e. The molecule has 6 nitrogen and oxygen atoms in total. The number of nitriles is 1. The quantitative estimate of drug-likeness (QED) is 0.720. The highest BCUT2D eigenvalue weighted by Gasteiger charge is 2.33. The molecular formula is C24H34N4O2. The van der Waals surface area contributed by atoms with Gasteiger partial charge in [0.15, 0.2) is 0 Å². The second-order valence-corrected chi connectivity index (χ2v) is 8.46. The first-order valence-corrected chi connectivity index (χ1v) is 11.4. The van der Waals surface area contributed by atoms with Crippen molar-refractivity contribution in [2.24, 2.45) is 5.92 Å². The van der Waals surface area contributed by atoms with Crippen LogP contribution in [0.25, 0.3) is 0 Å². The number of hydrogen-bond donors (Lipinski definition) is 0. The first kappa shape index (κ1) is 22.3. The fraction of sp³-hybridized carbons (Fsp3) is 0.625. The molecule has 1 unspecified atom stereocenters. The number of piperidine rings is 1. The summed E-state index contributed by atoms with van der Waals surface area (Å²) >= 11 is 0. The first-order chi connectivity index (χ1) is 14.6. The van der Waals surface area contributed by atoms with E-state index in [1.54, 1.807) is 4.90 Å². The summed E-state index contributed by atoms with van der Waals surface area (Å²) in [4.78, 5) is 32.2. The lowest BCUT2D eigenvalue weighted by atomic mass is 9.94. The highest BCUT2D eigenvalue weighted by Crippen LogP contribution is 2.24. The zero-order valence-electron chi connectivity index (χ0n) is 18.1. The van der Waals surface area contributed by atoms with Crippen molar-refractivity contribution in [1.82, 2.24) is 9.80 Å². The molecule has 0 radical (unpaired) electrons. The molecule has 0 saturated carbocycles. The van der Waals surface area contributed by atoms with Gasteiger partial charge in [-0.15, -0.1) is 0 Å². The Morgan fingerprint density at radius 1 is 1.07 bits per heavy atom. The average Bonchev–Trinajstić information content (AvgIpc) is 3.09. The van der Waals surface area contributed by atoms with Gasteiger partial charge in [-0.2, -0.15) is 5.26 Å². The summed E-state index contributed by atoms with van der Waals surface area (Å²) in [6, 6.07) is 11.4. The Labute approximate surface area is 180 Å². The predicted molar refractivity (Wildman–Crippen MR) is 118 cm³/mol.